The van der Waals surface area contributed by atoms with Crippen LogP contribution in [0.5, 0.6) is 0 Å². The number of anilines is 1. The molecule has 2 rings (SSSR count). The molecule has 0 heterocycles. The second-order valence-electron chi connectivity index (χ2n) is 5.06. The minimum absolute atomic E-state index is 0.124. The molecule has 0 saturated heterocycles. The van der Waals surface area contributed by atoms with Gasteiger partial charge in [-0.05, 0) is 42.0 Å². The summed E-state index contributed by atoms with van der Waals surface area (Å²) in [5.74, 6) is -0.990. The van der Waals surface area contributed by atoms with Crippen molar-refractivity contribution in [2.45, 2.75) is 13.3 Å². The van der Waals surface area contributed by atoms with Crippen LogP contribution in [0.25, 0.3) is 0 Å². The SMILES string of the molecule is CC(=O)Nc1ccc(C(=O)NNC(=O)Cc2ccc(Cl)cc2)cc1. The third-order valence-electron chi connectivity index (χ3n) is 3.06. The van der Waals surface area contributed by atoms with Crippen LogP contribution in [0.2, 0.25) is 5.02 Å². The molecule has 6 nitrogen and oxygen atoms in total. The predicted octanol–water partition coefficient (Wildman–Crippen LogP) is 2.30. The van der Waals surface area contributed by atoms with Crippen LogP contribution < -0.4 is 16.2 Å². The van der Waals surface area contributed by atoms with E-state index in [4.69, 9.17) is 11.6 Å². The Kier molecular flexibility index (Phi) is 5.92. The molecule has 0 atom stereocenters. The van der Waals surface area contributed by atoms with Gasteiger partial charge in [0, 0.05) is 23.2 Å². The third kappa shape index (κ3) is 5.40. The molecule has 0 aliphatic rings. The second-order valence-corrected chi connectivity index (χ2v) is 5.50. The highest BCUT2D eigenvalue weighted by molar-refractivity contribution is 6.30. The fourth-order valence-corrected chi connectivity index (χ4v) is 2.06. The summed E-state index contributed by atoms with van der Waals surface area (Å²) in [5, 5.41) is 3.20. The van der Waals surface area contributed by atoms with Crippen molar-refractivity contribution in [1.29, 1.82) is 0 Å². The predicted molar refractivity (Wildman–Crippen MR) is 91.5 cm³/mol. The second kappa shape index (κ2) is 8.12. The van der Waals surface area contributed by atoms with Crippen LogP contribution in [0.3, 0.4) is 0 Å². The zero-order chi connectivity index (χ0) is 17.5. The van der Waals surface area contributed by atoms with Crippen molar-refractivity contribution in [3.05, 3.63) is 64.7 Å². The van der Waals surface area contributed by atoms with Crippen molar-refractivity contribution in [2.24, 2.45) is 0 Å². The maximum atomic E-state index is 11.9. The van der Waals surface area contributed by atoms with Gasteiger partial charge in [-0.15, -0.1) is 0 Å². The number of carbonyl (C=O) groups is 3. The number of halogens is 1. The summed E-state index contributed by atoms with van der Waals surface area (Å²) in [7, 11) is 0. The van der Waals surface area contributed by atoms with Gasteiger partial charge in [0.05, 0.1) is 6.42 Å². The number of amides is 3. The lowest BCUT2D eigenvalue weighted by molar-refractivity contribution is -0.121. The van der Waals surface area contributed by atoms with Crippen LogP contribution >= 0.6 is 11.6 Å². The summed E-state index contributed by atoms with van der Waals surface area (Å²) in [6.07, 6.45) is 0.124. The van der Waals surface area contributed by atoms with Crippen LogP contribution in [0, 0.1) is 0 Å². The molecule has 0 fully saturated rings. The summed E-state index contributed by atoms with van der Waals surface area (Å²) in [5.41, 5.74) is 6.42. The van der Waals surface area contributed by atoms with Gasteiger partial charge in [0.1, 0.15) is 0 Å². The molecule has 0 radical (unpaired) electrons. The molecule has 2 aromatic carbocycles. The van der Waals surface area contributed by atoms with E-state index >= 15 is 0 Å². The standard InChI is InChI=1S/C17H16ClN3O3/c1-11(22)19-15-8-4-13(5-9-15)17(24)21-20-16(23)10-12-2-6-14(18)7-3-12/h2-9H,10H2,1H3,(H,19,22)(H,20,23)(H,21,24). The molecule has 124 valence electrons. The van der Waals surface area contributed by atoms with E-state index in [0.717, 1.165) is 5.56 Å². The lowest BCUT2D eigenvalue weighted by Gasteiger charge is -2.08. The van der Waals surface area contributed by atoms with E-state index in [9.17, 15) is 14.4 Å². The van der Waals surface area contributed by atoms with Gasteiger partial charge < -0.3 is 5.32 Å². The number of carbonyl (C=O) groups excluding carboxylic acids is 3. The van der Waals surface area contributed by atoms with Gasteiger partial charge in [0.25, 0.3) is 5.91 Å². The number of nitrogens with one attached hydrogen (secondary N) is 3. The highest BCUT2D eigenvalue weighted by atomic mass is 35.5. The van der Waals surface area contributed by atoms with Gasteiger partial charge in [-0.2, -0.15) is 0 Å². The van der Waals surface area contributed by atoms with E-state index in [1.54, 1.807) is 48.5 Å². The number of benzene rings is 2. The topological polar surface area (TPSA) is 87.3 Å². The Morgan fingerprint density at radius 2 is 1.54 bits per heavy atom. The van der Waals surface area contributed by atoms with Gasteiger partial charge in [0.2, 0.25) is 11.8 Å². The molecule has 24 heavy (non-hydrogen) atoms. The molecule has 0 spiro atoms. The third-order valence-corrected chi connectivity index (χ3v) is 3.31. The zero-order valence-corrected chi connectivity index (χ0v) is 13.7. The summed E-state index contributed by atoms with van der Waals surface area (Å²) >= 11 is 5.78. The molecule has 0 unspecified atom stereocenters. The average molecular weight is 346 g/mol. The number of hydrazine groups is 1. The van der Waals surface area contributed by atoms with Crippen molar-refractivity contribution < 1.29 is 14.4 Å². The molecule has 0 bridgehead atoms. The normalized spacial score (nSPS) is 9.92. The molecule has 0 saturated carbocycles. The molecule has 3 N–H and O–H groups in total. The largest absolute Gasteiger partial charge is 0.326 e. The first-order valence-corrected chi connectivity index (χ1v) is 7.53. The maximum absolute atomic E-state index is 11.9. The van der Waals surface area contributed by atoms with E-state index in [0.29, 0.717) is 16.3 Å². The van der Waals surface area contributed by atoms with E-state index in [1.807, 2.05) is 0 Å². The fourth-order valence-electron chi connectivity index (χ4n) is 1.94. The Bertz CT molecular complexity index is 743. The Morgan fingerprint density at radius 3 is 2.12 bits per heavy atom. The zero-order valence-electron chi connectivity index (χ0n) is 12.9. The highest BCUT2D eigenvalue weighted by Crippen LogP contribution is 2.10. The summed E-state index contributed by atoms with van der Waals surface area (Å²) in [6, 6.07) is 13.2. The molecule has 0 aliphatic heterocycles. The average Bonchev–Trinajstić information content (AvgIpc) is 2.55. The van der Waals surface area contributed by atoms with Crippen molar-refractivity contribution in [1.82, 2.24) is 10.9 Å². The minimum atomic E-state index is -0.450. The Labute approximate surface area is 144 Å². The quantitative estimate of drug-likeness (QED) is 0.743. The summed E-state index contributed by atoms with van der Waals surface area (Å²) in [6.45, 7) is 1.40. The first-order chi connectivity index (χ1) is 11.4. The van der Waals surface area contributed by atoms with Gasteiger partial charge in [0.15, 0.2) is 0 Å². The minimum Gasteiger partial charge on any atom is -0.326 e. The molecule has 7 heteroatoms. The lowest BCUT2D eigenvalue weighted by Crippen LogP contribution is -2.42. The van der Waals surface area contributed by atoms with Gasteiger partial charge in [-0.25, -0.2) is 0 Å². The van der Waals surface area contributed by atoms with Crippen LogP contribution in [-0.2, 0) is 16.0 Å². The highest BCUT2D eigenvalue weighted by Gasteiger charge is 2.08. The van der Waals surface area contributed by atoms with Crippen molar-refractivity contribution in [3.63, 3.8) is 0 Å². The number of hydrogen-bond donors (Lipinski definition) is 3. The van der Waals surface area contributed by atoms with Crippen LogP contribution in [0.4, 0.5) is 5.69 Å². The molecule has 2 aromatic rings. The number of rotatable bonds is 4. The van der Waals surface area contributed by atoms with E-state index in [2.05, 4.69) is 16.2 Å². The van der Waals surface area contributed by atoms with Crippen molar-refractivity contribution in [3.8, 4) is 0 Å². The molecule has 0 aliphatic carbocycles. The van der Waals surface area contributed by atoms with Crippen molar-refractivity contribution >= 4 is 35.0 Å². The first-order valence-electron chi connectivity index (χ1n) is 7.15. The molecule has 3 amide bonds. The van der Waals surface area contributed by atoms with Gasteiger partial charge in [-0.3, -0.25) is 25.2 Å². The first kappa shape index (κ1) is 17.5. The Hall–Kier alpha value is -2.86. The Balaban J connectivity index is 1.84. The molecular formula is C17H16ClN3O3. The van der Waals surface area contributed by atoms with Crippen molar-refractivity contribution in [2.75, 3.05) is 5.32 Å². The summed E-state index contributed by atoms with van der Waals surface area (Å²) < 4.78 is 0. The lowest BCUT2D eigenvalue weighted by atomic mass is 10.1. The van der Waals surface area contributed by atoms with Crippen LogP contribution in [0.1, 0.15) is 22.8 Å². The van der Waals surface area contributed by atoms with E-state index < -0.39 is 5.91 Å². The fraction of sp³-hybridized carbons (Fsp3) is 0.118. The van der Waals surface area contributed by atoms with E-state index in [1.165, 1.54) is 6.92 Å². The van der Waals surface area contributed by atoms with Crippen LogP contribution in [0.15, 0.2) is 48.5 Å². The van der Waals surface area contributed by atoms with Crippen LogP contribution in [-0.4, -0.2) is 17.7 Å². The smallest absolute Gasteiger partial charge is 0.269 e. The number of hydrogen-bond acceptors (Lipinski definition) is 3. The summed E-state index contributed by atoms with van der Waals surface area (Å²) in [4.78, 5) is 34.7. The van der Waals surface area contributed by atoms with Gasteiger partial charge >= 0.3 is 0 Å². The molecular weight excluding hydrogens is 330 g/mol. The monoisotopic (exact) mass is 345 g/mol. The maximum Gasteiger partial charge on any atom is 0.269 e. The Morgan fingerprint density at radius 1 is 0.917 bits per heavy atom. The van der Waals surface area contributed by atoms with Gasteiger partial charge in [-0.1, -0.05) is 23.7 Å². The molecule has 0 aromatic heterocycles. The van der Waals surface area contributed by atoms with E-state index in [-0.39, 0.29) is 18.2 Å².